The van der Waals surface area contributed by atoms with E-state index in [1.54, 1.807) is 36.7 Å². The van der Waals surface area contributed by atoms with Crippen LogP contribution in [-0.2, 0) is 9.59 Å². The Morgan fingerprint density at radius 1 is 1.03 bits per heavy atom. The summed E-state index contributed by atoms with van der Waals surface area (Å²) in [5.74, 6) is -1.29. The predicted molar refractivity (Wildman–Crippen MR) is 128 cm³/mol. The van der Waals surface area contributed by atoms with E-state index in [1.165, 1.54) is 12.0 Å². The number of anilines is 1. The second kappa shape index (κ2) is 8.15. The number of aliphatic hydroxyl groups excluding tert-OH is 1. The van der Waals surface area contributed by atoms with Crippen LogP contribution in [0.2, 0.25) is 0 Å². The number of aromatic amines is 1. The fraction of sp³-hybridized carbons (Fsp3) is 0.154. The summed E-state index contributed by atoms with van der Waals surface area (Å²) in [6.45, 7) is 3.82. The second-order valence-electron chi connectivity index (χ2n) is 8.23. The average molecular weight is 454 g/mol. The van der Waals surface area contributed by atoms with Gasteiger partial charge in [0.05, 0.1) is 35.3 Å². The number of rotatable bonds is 4. The van der Waals surface area contributed by atoms with Crippen molar-refractivity contribution in [3.05, 3.63) is 88.8 Å². The Morgan fingerprint density at radius 3 is 2.47 bits per heavy atom. The van der Waals surface area contributed by atoms with Crippen molar-refractivity contribution in [2.24, 2.45) is 0 Å². The molecule has 0 aliphatic carbocycles. The minimum Gasteiger partial charge on any atom is -0.507 e. The van der Waals surface area contributed by atoms with Crippen LogP contribution < -0.4 is 9.64 Å². The van der Waals surface area contributed by atoms with Crippen LogP contribution in [0.3, 0.4) is 0 Å². The molecule has 0 saturated carbocycles. The largest absolute Gasteiger partial charge is 0.507 e. The molecule has 34 heavy (non-hydrogen) atoms. The van der Waals surface area contributed by atoms with Crippen molar-refractivity contribution in [2.75, 3.05) is 12.0 Å². The molecule has 0 radical (unpaired) electrons. The summed E-state index contributed by atoms with van der Waals surface area (Å²) in [6, 6.07) is 13.5. The zero-order chi connectivity index (χ0) is 24.0. The van der Waals surface area contributed by atoms with Crippen LogP contribution in [0, 0.1) is 13.8 Å². The molecule has 0 bridgehead atoms. The van der Waals surface area contributed by atoms with Crippen LogP contribution in [0.15, 0.2) is 66.5 Å². The number of carbonyl (C=O) groups is 2. The van der Waals surface area contributed by atoms with Crippen molar-refractivity contribution in [1.29, 1.82) is 0 Å². The van der Waals surface area contributed by atoms with Gasteiger partial charge in [0, 0.05) is 12.4 Å². The van der Waals surface area contributed by atoms with Gasteiger partial charge in [-0.15, -0.1) is 0 Å². The van der Waals surface area contributed by atoms with E-state index in [4.69, 9.17) is 4.74 Å². The van der Waals surface area contributed by atoms with E-state index in [9.17, 15) is 14.7 Å². The topological polar surface area (TPSA) is 108 Å². The molecule has 4 aromatic rings. The van der Waals surface area contributed by atoms with Crippen LogP contribution >= 0.6 is 0 Å². The van der Waals surface area contributed by atoms with Gasteiger partial charge in [0.1, 0.15) is 11.5 Å². The van der Waals surface area contributed by atoms with E-state index < -0.39 is 17.7 Å². The number of nitrogens with one attached hydrogen (secondary N) is 1. The lowest BCUT2D eigenvalue weighted by Gasteiger charge is -2.23. The molecule has 2 aromatic carbocycles. The first kappa shape index (κ1) is 21.4. The Bertz CT molecular complexity index is 1470. The van der Waals surface area contributed by atoms with Crippen molar-refractivity contribution in [3.63, 3.8) is 0 Å². The molecule has 1 atom stereocenters. The van der Waals surface area contributed by atoms with Crippen LogP contribution in [0.4, 0.5) is 5.95 Å². The number of Topliss-reactive ketones (excluding diaryl/α,β-unsaturated/α-hetero) is 1. The quantitative estimate of drug-likeness (QED) is 0.272. The molecule has 0 spiro atoms. The summed E-state index contributed by atoms with van der Waals surface area (Å²) in [5, 5.41) is 11.4. The summed E-state index contributed by atoms with van der Waals surface area (Å²) in [6.07, 6.45) is 3.15. The highest BCUT2D eigenvalue weighted by molar-refractivity contribution is 6.51. The molecule has 2 aromatic heterocycles. The normalized spacial score (nSPS) is 17.5. The molecule has 1 fully saturated rings. The highest BCUT2D eigenvalue weighted by atomic mass is 16.5. The van der Waals surface area contributed by atoms with E-state index in [1.807, 2.05) is 38.1 Å². The lowest BCUT2D eigenvalue weighted by molar-refractivity contribution is -0.132. The van der Waals surface area contributed by atoms with Crippen molar-refractivity contribution in [1.82, 2.24) is 15.0 Å². The van der Waals surface area contributed by atoms with Crippen LogP contribution in [0.25, 0.3) is 16.8 Å². The molecule has 3 heterocycles. The number of pyridine rings is 1. The lowest BCUT2D eigenvalue weighted by Crippen LogP contribution is -2.30. The Morgan fingerprint density at radius 2 is 1.74 bits per heavy atom. The number of aryl methyl sites for hydroxylation is 2. The minimum absolute atomic E-state index is 0.0447. The first-order valence-electron chi connectivity index (χ1n) is 10.7. The molecule has 2 N–H and O–H groups in total. The number of benzene rings is 2. The monoisotopic (exact) mass is 454 g/mol. The van der Waals surface area contributed by atoms with Gasteiger partial charge in [-0.3, -0.25) is 19.5 Å². The second-order valence-corrected chi connectivity index (χ2v) is 8.23. The predicted octanol–water partition coefficient (Wildman–Crippen LogP) is 4.21. The number of ether oxygens (including phenoxy) is 1. The number of fused-ring (bicyclic) bond motifs is 1. The molecule has 5 rings (SSSR count). The molecule has 170 valence electrons. The standard InChI is InChI=1S/C26H22N4O4/c1-14-5-7-20(34-3)17(12-14)23(31)21-22(16-8-10-27-11-9-16)30(25(33)24(21)32)26-28-18-6-4-15(2)13-19(18)29-26/h4-13,22,31H,1-3H3,(H,28,29)/b23-21+. The number of aromatic nitrogens is 3. The summed E-state index contributed by atoms with van der Waals surface area (Å²) < 4.78 is 5.41. The maximum Gasteiger partial charge on any atom is 0.302 e. The Labute approximate surface area is 195 Å². The summed E-state index contributed by atoms with van der Waals surface area (Å²) in [4.78, 5) is 39.7. The van der Waals surface area contributed by atoms with Crippen LogP contribution in [0.5, 0.6) is 5.75 Å². The molecular weight excluding hydrogens is 432 g/mol. The number of methoxy groups -OCH3 is 1. The zero-order valence-corrected chi connectivity index (χ0v) is 18.9. The highest BCUT2D eigenvalue weighted by Gasteiger charge is 2.48. The van der Waals surface area contributed by atoms with Crippen molar-refractivity contribution in [2.45, 2.75) is 19.9 Å². The minimum atomic E-state index is -0.908. The van der Waals surface area contributed by atoms with Crippen molar-refractivity contribution in [3.8, 4) is 5.75 Å². The number of hydrogen-bond donors (Lipinski definition) is 2. The van der Waals surface area contributed by atoms with E-state index >= 15 is 0 Å². The van der Waals surface area contributed by atoms with Gasteiger partial charge in [0.25, 0.3) is 5.78 Å². The maximum atomic E-state index is 13.3. The summed E-state index contributed by atoms with van der Waals surface area (Å²) >= 11 is 0. The van der Waals surface area contributed by atoms with Gasteiger partial charge < -0.3 is 14.8 Å². The summed E-state index contributed by atoms with van der Waals surface area (Å²) in [5.41, 5.74) is 4.20. The molecular formula is C26H22N4O4. The van der Waals surface area contributed by atoms with Gasteiger partial charge in [-0.05, 0) is 61.4 Å². The molecule has 1 aliphatic rings. The number of nitrogens with zero attached hydrogens (tertiary/aromatic N) is 3. The van der Waals surface area contributed by atoms with E-state index in [0.29, 0.717) is 22.4 Å². The Kier molecular flexibility index (Phi) is 5.13. The van der Waals surface area contributed by atoms with Gasteiger partial charge in [-0.25, -0.2) is 4.98 Å². The third-order valence-electron chi connectivity index (χ3n) is 5.93. The van der Waals surface area contributed by atoms with Gasteiger partial charge in [0.2, 0.25) is 5.95 Å². The molecule has 8 nitrogen and oxygen atoms in total. The Balaban J connectivity index is 1.75. The van der Waals surface area contributed by atoms with E-state index in [2.05, 4.69) is 15.0 Å². The third kappa shape index (κ3) is 3.40. The van der Waals surface area contributed by atoms with Gasteiger partial charge in [0.15, 0.2) is 0 Å². The van der Waals surface area contributed by atoms with Crippen molar-refractivity contribution >= 4 is 34.4 Å². The van der Waals surface area contributed by atoms with Gasteiger partial charge in [-0.2, -0.15) is 0 Å². The van der Waals surface area contributed by atoms with E-state index in [0.717, 1.165) is 16.6 Å². The number of aliphatic hydroxyl groups is 1. The highest BCUT2D eigenvalue weighted by Crippen LogP contribution is 2.42. The molecule has 1 aliphatic heterocycles. The smallest absolute Gasteiger partial charge is 0.302 e. The average Bonchev–Trinajstić information content (AvgIpc) is 3.37. The van der Waals surface area contributed by atoms with Gasteiger partial charge >= 0.3 is 5.91 Å². The molecule has 1 saturated heterocycles. The zero-order valence-electron chi connectivity index (χ0n) is 18.9. The van der Waals surface area contributed by atoms with Gasteiger partial charge in [-0.1, -0.05) is 17.7 Å². The summed E-state index contributed by atoms with van der Waals surface area (Å²) in [7, 11) is 1.48. The fourth-order valence-corrected chi connectivity index (χ4v) is 4.29. The number of H-pyrrole nitrogens is 1. The first-order chi connectivity index (χ1) is 16.4. The van der Waals surface area contributed by atoms with Crippen LogP contribution in [-0.4, -0.2) is 38.9 Å². The number of carbonyl (C=O) groups excluding carboxylic acids is 2. The fourth-order valence-electron chi connectivity index (χ4n) is 4.29. The van der Waals surface area contributed by atoms with Crippen LogP contribution in [0.1, 0.15) is 28.3 Å². The Hall–Kier alpha value is -4.46. The maximum absolute atomic E-state index is 13.3. The first-order valence-corrected chi connectivity index (χ1v) is 10.7. The van der Waals surface area contributed by atoms with Crippen molar-refractivity contribution < 1.29 is 19.4 Å². The lowest BCUT2D eigenvalue weighted by atomic mass is 9.95. The number of ketones is 1. The molecule has 1 amide bonds. The number of amides is 1. The number of imidazole rings is 1. The number of hydrogen-bond acceptors (Lipinski definition) is 6. The van der Waals surface area contributed by atoms with E-state index in [-0.39, 0.29) is 17.3 Å². The third-order valence-corrected chi connectivity index (χ3v) is 5.93. The molecule has 8 heteroatoms. The molecule has 1 unspecified atom stereocenters. The SMILES string of the molecule is COc1ccc(C)cc1/C(O)=C1\C(=O)C(=O)N(c2nc3ccc(C)cc3[nH]2)C1c1ccncc1.